The summed E-state index contributed by atoms with van der Waals surface area (Å²) in [6.07, 6.45) is 34.8. The highest BCUT2D eigenvalue weighted by molar-refractivity contribution is 5.11. The van der Waals surface area contributed by atoms with E-state index in [1.54, 1.807) is 0 Å². The molecule has 0 N–H and O–H groups in total. The predicted octanol–water partition coefficient (Wildman–Crippen LogP) is 11.1. The van der Waals surface area contributed by atoms with Gasteiger partial charge in [0.1, 0.15) is 6.79 Å². The second-order valence-electron chi connectivity index (χ2n) is 11.3. The standard InChI is InChI=1S/C32H68N.CH2O/c1-5-9-13-17-18-19-20-21-22-23-24-28-32-33(29-25-14-10-6-2,30-26-15-11-7-3)31-27-16-12-8-4;1-2/h5-32H2,1-4H3;1H2/q+1;. The average molecular weight is 497 g/mol. The zero-order valence-electron chi connectivity index (χ0n) is 25.4. The first-order valence-electron chi connectivity index (χ1n) is 16.4. The van der Waals surface area contributed by atoms with Crippen LogP contribution in [0.2, 0.25) is 0 Å². The minimum Gasteiger partial charge on any atom is -0.324 e. The number of nitrogens with zero attached hydrogens (tertiary/aromatic N) is 1. The highest BCUT2D eigenvalue weighted by Crippen LogP contribution is 2.20. The Hall–Kier alpha value is -0.370. The fourth-order valence-electron chi connectivity index (χ4n) is 5.58. The Labute approximate surface area is 224 Å². The molecule has 0 spiro atoms. The van der Waals surface area contributed by atoms with Gasteiger partial charge in [-0.2, -0.15) is 0 Å². The lowest BCUT2D eigenvalue weighted by Crippen LogP contribution is -2.50. The molecule has 0 aromatic carbocycles. The summed E-state index contributed by atoms with van der Waals surface area (Å²) in [4.78, 5) is 8.00. The maximum Gasteiger partial charge on any atom is 0.106 e. The third-order valence-electron chi connectivity index (χ3n) is 7.94. The molecule has 0 aliphatic rings. The van der Waals surface area contributed by atoms with Crippen molar-refractivity contribution in [3.05, 3.63) is 0 Å². The van der Waals surface area contributed by atoms with Crippen molar-refractivity contribution < 1.29 is 9.28 Å². The van der Waals surface area contributed by atoms with Gasteiger partial charge in [0, 0.05) is 0 Å². The van der Waals surface area contributed by atoms with Gasteiger partial charge in [0.2, 0.25) is 0 Å². The van der Waals surface area contributed by atoms with Crippen LogP contribution in [-0.4, -0.2) is 37.5 Å². The van der Waals surface area contributed by atoms with Crippen LogP contribution < -0.4 is 0 Å². The van der Waals surface area contributed by atoms with Crippen LogP contribution in [0.1, 0.15) is 182 Å². The molecule has 0 unspecified atom stereocenters. The number of hydrogen-bond donors (Lipinski definition) is 0. The van der Waals surface area contributed by atoms with Crippen LogP contribution in [-0.2, 0) is 4.79 Å². The van der Waals surface area contributed by atoms with Crippen LogP contribution in [0.25, 0.3) is 0 Å². The largest absolute Gasteiger partial charge is 0.324 e. The number of carbonyl (C=O) groups is 1. The summed E-state index contributed by atoms with van der Waals surface area (Å²) < 4.78 is 1.47. The maximum atomic E-state index is 8.00. The molecule has 0 heterocycles. The highest BCUT2D eigenvalue weighted by atomic mass is 16.1. The van der Waals surface area contributed by atoms with Crippen molar-refractivity contribution in [2.75, 3.05) is 26.2 Å². The summed E-state index contributed by atoms with van der Waals surface area (Å²) in [5.41, 5.74) is 0. The number of carbonyl (C=O) groups excluding carboxylic acids is 1. The molecule has 2 heteroatoms. The minimum absolute atomic E-state index is 1.37. The SMILES string of the molecule is C=O.CCCCCCCCCCCCCC[N+](CCCCCC)(CCCCCC)CCCCCC. The molecule has 35 heavy (non-hydrogen) atoms. The Morgan fingerprint density at radius 1 is 0.314 bits per heavy atom. The van der Waals surface area contributed by atoms with E-state index in [9.17, 15) is 0 Å². The van der Waals surface area contributed by atoms with E-state index in [0.29, 0.717) is 0 Å². The monoisotopic (exact) mass is 497 g/mol. The first-order chi connectivity index (χ1) is 17.2. The van der Waals surface area contributed by atoms with E-state index >= 15 is 0 Å². The molecule has 0 saturated heterocycles. The molecule has 212 valence electrons. The van der Waals surface area contributed by atoms with Crippen LogP contribution >= 0.6 is 0 Å². The molecule has 0 saturated carbocycles. The van der Waals surface area contributed by atoms with Gasteiger partial charge in [0.15, 0.2) is 0 Å². The van der Waals surface area contributed by atoms with E-state index in [4.69, 9.17) is 4.79 Å². The molecule has 2 nitrogen and oxygen atoms in total. The molecule has 0 fully saturated rings. The normalized spacial score (nSPS) is 11.4. The van der Waals surface area contributed by atoms with Crippen LogP contribution in [0.15, 0.2) is 0 Å². The van der Waals surface area contributed by atoms with Gasteiger partial charge in [0.05, 0.1) is 26.2 Å². The molecule has 0 aromatic heterocycles. The topological polar surface area (TPSA) is 17.1 Å². The lowest BCUT2D eigenvalue weighted by atomic mass is 10.0. The predicted molar refractivity (Wildman–Crippen MR) is 160 cm³/mol. The summed E-state index contributed by atoms with van der Waals surface area (Å²) in [7, 11) is 0. The first-order valence-corrected chi connectivity index (χ1v) is 16.4. The summed E-state index contributed by atoms with van der Waals surface area (Å²) >= 11 is 0. The van der Waals surface area contributed by atoms with E-state index in [-0.39, 0.29) is 0 Å². The molecule has 0 aliphatic carbocycles. The quantitative estimate of drug-likeness (QED) is 0.0777. The van der Waals surface area contributed by atoms with Crippen LogP contribution in [0.3, 0.4) is 0 Å². The van der Waals surface area contributed by atoms with E-state index in [1.165, 1.54) is 185 Å². The van der Waals surface area contributed by atoms with Crippen LogP contribution in [0.5, 0.6) is 0 Å². The molecular weight excluding hydrogens is 426 g/mol. The zero-order valence-corrected chi connectivity index (χ0v) is 25.4. The van der Waals surface area contributed by atoms with Gasteiger partial charge in [-0.25, -0.2) is 0 Å². The highest BCUT2D eigenvalue weighted by Gasteiger charge is 2.25. The molecule has 0 bridgehead atoms. The Kier molecular flexibility index (Phi) is 33.3. The van der Waals surface area contributed by atoms with Gasteiger partial charge < -0.3 is 9.28 Å². The van der Waals surface area contributed by atoms with E-state index < -0.39 is 0 Å². The summed E-state index contributed by atoms with van der Waals surface area (Å²) in [6.45, 7) is 17.2. The second kappa shape index (κ2) is 31.7. The summed E-state index contributed by atoms with van der Waals surface area (Å²) in [5, 5.41) is 0. The van der Waals surface area contributed by atoms with Crippen molar-refractivity contribution in [3.63, 3.8) is 0 Å². The smallest absolute Gasteiger partial charge is 0.106 e. The van der Waals surface area contributed by atoms with Gasteiger partial charge in [-0.1, -0.05) is 130 Å². The van der Waals surface area contributed by atoms with Crippen molar-refractivity contribution in [3.8, 4) is 0 Å². The average Bonchev–Trinajstić information content (AvgIpc) is 2.89. The van der Waals surface area contributed by atoms with Crippen molar-refractivity contribution in [1.82, 2.24) is 0 Å². The van der Waals surface area contributed by atoms with E-state index in [1.807, 2.05) is 6.79 Å². The summed E-state index contributed by atoms with van der Waals surface area (Å²) in [5.74, 6) is 0. The van der Waals surface area contributed by atoms with Crippen molar-refractivity contribution in [1.29, 1.82) is 0 Å². The number of rotatable bonds is 28. The third kappa shape index (κ3) is 26.5. The maximum absolute atomic E-state index is 8.00. The van der Waals surface area contributed by atoms with Gasteiger partial charge >= 0.3 is 0 Å². The fraction of sp³-hybridized carbons (Fsp3) is 0.970. The van der Waals surface area contributed by atoms with Gasteiger partial charge in [-0.3, -0.25) is 0 Å². The lowest BCUT2D eigenvalue weighted by Gasteiger charge is -2.39. The molecular formula is C33H70NO+. The number of hydrogen-bond acceptors (Lipinski definition) is 1. The van der Waals surface area contributed by atoms with Crippen molar-refractivity contribution in [2.24, 2.45) is 0 Å². The Balaban J connectivity index is 0. The second-order valence-corrected chi connectivity index (χ2v) is 11.3. The Morgan fingerprint density at radius 3 is 0.714 bits per heavy atom. The van der Waals surface area contributed by atoms with Gasteiger partial charge in [0.25, 0.3) is 0 Å². The molecule has 0 radical (unpaired) electrons. The van der Waals surface area contributed by atoms with Crippen molar-refractivity contribution in [2.45, 2.75) is 182 Å². The molecule has 0 rings (SSSR count). The Bertz CT molecular complexity index is 339. The molecule has 0 atom stereocenters. The molecule has 0 amide bonds. The molecule has 0 aliphatic heterocycles. The zero-order chi connectivity index (χ0) is 26.3. The van der Waals surface area contributed by atoms with E-state index in [0.717, 1.165) is 0 Å². The summed E-state index contributed by atoms with van der Waals surface area (Å²) in [6, 6.07) is 0. The fourth-order valence-corrected chi connectivity index (χ4v) is 5.58. The van der Waals surface area contributed by atoms with Gasteiger partial charge in [-0.05, 0) is 51.4 Å². The van der Waals surface area contributed by atoms with Crippen LogP contribution in [0, 0.1) is 0 Å². The van der Waals surface area contributed by atoms with E-state index in [2.05, 4.69) is 27.7 Å². The Morgan fingerprint density at radius 2 is 0.486 bits per heavy atom. The lowest BCUT2D eigenvalue weighted by molar-refractivity contribution is -0.929. The third-order valence-corrected chi connectivity index (χ3v) is 7.94. The number of quaternary nitrogens is 1. The first kappa shape index (κ1) is 36.8. The molecule has 0 aromatic rings. The minimum atomic E-state index is 1.37. The van der Waals surface area contributed by atoms with Crippen LogP contribution in [0.4, 0.5) is 0 Å². The van der Waals surface area contributed by atoms with Crippen molar-refractivity contribution >= 4 is 6.79 Å². The van der Waals surface area contributed by atoms with Gasteiger partial charge in [-0.15, -0.1) is 0 Å². The number of unbranched alkanes of at least 4 members (excludes halogenated alkanes) is 20.